The fraction of sp³-hybridized carbons (Fsp3) is 0.364. The minimum Gasteiger partial charge on any atom is -0.444 e. The largest absolute Gasteiger partial charge is 0.444 e. The zero-order valence-electron chi connectivity index (χ0n) is 26.0. The molecular formula is C33H34N8O4S. The van der Waals surface area contributed by atoms with Crippen molar-refractivity contribution in [2.75, 3.05) is 6.54 Å². The number of benzene rings is 1. The summed E-state index contributed by atoms with van der Waals surface area (Å²) in [5, 5.41) is 19.1. The Morgan fingerprint density at radius 2 is 1.93 bits per heavy atom. The van der Waals surface area contributed by atoms with Gasteiger partial charge in [0.25, 0.3) is 11.8 Å². The molecule has 12 nitrogen and oxygen atoms in total. The van der Waals surface area contributed by atoms with Crippen molar-refractivity contribution in [3.8, 4) is 17.4 Å². The lowest BCUT2D eigenvalue weighted by atomic mass is 10.1. The summed E-state index contributed by atoms with van der Waals surface area (Å²) in [6.07, 6.45) is 5.12. The van der Waals surface area contributed by atoms with Gasteiger partial charge in [0.15, 0.2) is 5.82 Å². The standard InChI is InChI=1S/C33H34N8O4S/c1-20-19-46-28(35-20)25-12-8-14-40(25)29(42)22-16-24(36-26(17-22)41-15-9-13-34-41)27-38-39-30(44-27)33(37-31(43)45-32(2,3)4)18-23(33)21-10-6-5-7-11-21/h5-7,9-11,13,15-17,19,23,25H,8,12,14,18H2,1-4H3,(H,37,43). The van der Waals surface area contributed by atoms with Crippen molar-refractivity contribution >= 4 is 23.3 Å². The van der Waals surface area contributed by atoms with Gasteiger partial charge in [-0.2, -0.15) is 5.10 Å². The van der Waals surface area contributed by atoms with Gasteiger partial charge in [-0.25, -0.2) is 19.4 Å². The maximum absolute atomic E-state index is 14.1. The quantitative estimate of drug-likeness (QED) is 0.228. The number of nitrogens with zero attached hydrogens (tertiary/aromatic N) is 7. The van der Waals surface area contributed by atoms with E-state index < -0.39 is 17.2 Å². The van der Waals surface area contributed by atoms with Crippen molar-refractivity contribution in [2.24, 2.45) is 0 Å². The lowest BCUT2D eigenvalue weighted by Gasteiger charge is -2.23. The third-order valence-electron chi connectivity index (χ3n) is 8.15. The van der Waals surface area contributed by atoms with Crippen LogP contribution in [0.2, 0.25) is 0 Å². The SMILES string of the molecule is Cc1csc(C2CCCN2C(=O)c2cc(-c3nnc(C4(NC(=O)OC(C)(C)C)CC4c4ccccc4)o3)nc(-n3cccn3)c2)n1. The highest BCUT2D eigenvalue weighted by Gasteiger charge is 2.62. The van der Waals surface area contributed by atoms with Crippen molar-refractivity contribution in [3.63, 3.8) is 0 Å². The molecule has 1 saturated heterocycles. The number of amides is 2. The molecule has 7 rings (SSSR count). The van der Waals surface area contributed by atoms with E-state index in [9.17, 15) is 9.59 Å². The summed E-state index contributed by atoms with van der Waals surface area (Å²) in [6, 6.07) is 14.9. The Hall–Kier alpha value is -4.91. The first-order valence-electron chi connectivity index (χ1n) is 15.3. The summed E-state index contributed by atoms with van der Waals surface area (Å²) in [6.45, 7) is 8.02. The molecule has 46 heavy (non-hydrogen) atoms. The van der Waals surface area contributed by atoms with E-state index in [1.807, 2.05) is 68.3 Å². The average Bonchev–Trinajstić information content (AvgIpc) is 3.67. The van der Waals surface area contributed by atoms with Gasteiger partial charge in [-0.1, -0.05) is 30.3 Å². The van der Waals surface area contributed by atoms with Gasteiger partial charge in [0.2, 0.25) is 5.89 Å². The van der Waals surface area contributed by atoms with Crippen LogP contribution in [0.1, 0.15) is 84.5 Å². The lowest BCUT2D eigenvalue weighted by molar-refractivity contribution is 0.0483. The van der Waals surface area contributed by atoms with Crippen LogP contribution in [-0.4, -0.2) is 59.0 Å². The van der Waals surface area contributed by atoms with E-state index in [1.54, 1.807) is 46.6 Å². The highest BCUT2D eigenvalue weighted by Crippen LogP contribution is 2.58. The lowest BCUT2D eigenvalue weighted by Crippen LogP contribution is -2.40. The number of aromatic nitrogens is 6. The number of carbonyl (C=O) groups excluding carboxylic acids is 2. The van der Waals surface area contributed by atoms with E-state index in [4.69, 9.17) is 14.1 Å². The molecule has 1 saturated carbocycles. The molecule has 1 aliphatic carbocycles. The molecule has 0 radical (unpaired) electrons. The van der Waals surface area contributed by atoms with Crippen LogP contribution in [-0.2, 0) is 10.3 Å². The van der Waals surface area contributed by atoms with E-state index in [2.05, 4.69) is 25.6 Å². The maximum Gasteiger partial charge on any atom is 0.408 e. The molecule has 1 aliphatic heterocycles. The minimum atomic E-state index is -0.957. The fourth-order valence-corrected chi connectivity index (χ4v) is 6.94. The number of alkyl carbamates (subject to hydrolysis) is 1. The topological polar surface area (TPSA) is 141 Å². The van der Waals surface area contributed by atoms with Crippen molar-refractivity contribution in [1.29, 1.82) is 0 Å². The summed E-state index contributed by atoms with van der Waals surface area (Å²) < 4.78 is 13.5. The first-order valence-corrected chi connectivity index (χ1v) is 16.1. The highest BCUT2D eigenvalue weighted by molar-refractivity contribution is 7.09. The highest BCUT2D eigenvalue weighted by atomic mass is 32.1. The van der Waals surface area contributed by atoms with E-state index >= 15 is 0 Å². The van der Waals surface area contributed by atoms with Gasteiger partial charge in [-0.15, -0.1) is 21.5 Å². The summed E-state index contributed by atoms with van der Waals surface area (Å²) in [7, 11) is 0. The molecule has 0 spiro atoms. The van der Waals surface area contributed by atoms with Crippen LogP contribution in [0.15, 0.2) is 70.7 Å². The van der Waals surface area contributed by atoms with Gasteiger partial charge in [0.05, 0.1) is 6.04 Å². The predicted molar refractivity (Wildman–Crippen MR) is 169 cm³/mol. The van der Waals surface area contributed by atoms with Crippen LogP contribution in [0, 0.1) is 6.92 Å². The summed E-state index contributed by atoms with van der Waals surface area (Å²) in [5.74, 6) is 0.551. The van der Waals surface area contributed by atoms with Crippen LogP contribution >= 0.6 is 11.3 Å². The number of likely N-dealkylation sites (tertiary alicyclic amines) is 1. The van der Waals surface area contributed by atoms with Crippen LogP contribution in [0.4, 0.5) is 4.79 Å². The normalized spacial score (nSPS) is 20.9. The van der Waals surface area contributed by atoms with E-state index in [0.29, 0.717) is 30.0 Å². The molecule has 1 aromatic carbocycles. The van der Waals surface area contributed by atoms with Crippen LogP contribution in [0.25, 0.3) is 17.4 Å². The number of rotatable bonds is 7. The molecule has 13 heteroatoms. The monoisotopic (exact) mass is 638 g/mol. The summed E-state index contributed by atoms with van der Waals surface area (Å²) in [5.41, 5.74) is 1.07. The second-order valence-electron chi connectivity index (χ2n) is 12.7. The van der Waals surface area contributed by atoms with Crippen LogP contribution in [0.3, 0.4) is 0 Å². The number of hydrogen-bond acceptors (Lipinski definition) is 10. The van der Waals surface area contributed by atoms with E-state index in [1.165, 1.54) is 0 Å². The number of pyridine rings is 1. The molecule has 1 N–H and O–H groups in total. The zero-order valence-corrected chi connectivity index (χ0v) is 26.8. The van der Waals surface area contributed by atoms with Crippen molar-refractivity contribution in [1.82, 2.24) is 40.2 Å². The molecule has 5 heterocycles. The van der Waals surface area contributed by atoms with Crippen LogP contribution < -0.4 is 5.32 Å². The Kier molecular flexibility index (Phi) is 7.42. The fourth-order valence-electron chi connectivity index (χ4n) is 6.00. The molecule has 2 aliphatic rings. The number of ether oxygens (including phenoxy) is 1. The van der Waals surface area contributed by atoms with Gasteiger partial charge >= 0.3 is 6.09 Å². The molecule has 2 amide bonds. The van der Waals surface area contributed by atoms with Gasteiger partial charge in [0, 0.05) is 41.5 Å². The molecule has 3 unspecified atom stereocenters. The van der Waals surface area contributed by atoms with E-state index in [-0.39, 0.29) is 29.6 Å². The third-order valence-corrected chi connectivity index (χ3v) is 9.21. The summed E-state index contributed by atoms with van der Waals surface area (Å²) in [4.78, 5) is 38.4. The predicted octanol–water partition coefficient (Wildman–Crippen LogP) is 5.97. The van der Waals surface area contributed by atoms with Gasteiger partial charge in [-0.05, 0) is 70.7 Å². The molecule has 236 valence electrons. The molecule has 3 atom stereocenters. The molecule has 2 fully saturated rings. The van der Waals surface area contributed by atoms with Gasteiger partial charge in [-0.3, -0.25) is 4.79 Å². The second kappa shape index (κ2) is 11.5. The number of hydrogen-bond donors (Lipinski definition) is 1. The smallest absolute Gasteiger partial charge is 0.408 e. The molecule has 5 aromatic rings. The molecule has 0 bridgehead atoms. The number of aryl methyl sites for hydroxylation is 1. The maximum atomic E-state index is 14.1. The van der Waals surface area contributed by atoms with E-state index in [0.717, 1.165) is 29.1 Å². The van der Waals surface area contributed by atoms with Crippen molar-refractivity contribution < 1.29 is 18.7 Å². The number of thiazole rings is 1. The Morgan fingerprint density at radius 3 is 2.65 bits per heavy atom. The third kappa shape index (κ3) is 5.78. The Bertz CT molecular complexity index is 1880. The van der Waals surface area contributed by atoms with Gasteiger partial charge in [0.1, 0.15) is 21.8 Å². The first kappa shape index (κ1) is 29.8. The minimum absolute atomic E-state index is 0.0884. The second-order valence-corrected chi connectivity index (χ2v) is 13.6. The van der Waals surface area contributed by atoms with Crippen molar-refractivity contribution in [3.05, 3.63) is 94.0 Å². The average molecular weight is 639 g/mol. The zero-order chi connectivity index (χ0) is 32.1. The number of carbonyl (C=O) groups is 2. The molecular weight excluding hydrogens is 604 g/mol. The Labute approximate surface area is 269 Å². The summed E-state index contributed by atoms with van der Waals surface area (Å²) >= 11 is 1.58. The van der Waals surface area contributed by atoms with Crippen molar-refractivity contribution in [2.45, 2.75) is 70.1 Å². The first-order chi connectivity index (χ1) is 22.1. The Balaban J connectivity index is 1.24. The Morgan fingerprint density at radius 1 is 1.11 bits per heavy atom. The van der Waals surface area contributed by atoms with Gasteiger partial charge < -0.3 is 19.4 Å². The number of nitrogens with one attached hydrogen (secondary N) is 1. The van der Waals surface area contributed by atoms with Crippen LogP contribution in [0.5, 0.6) is 0 Å². The molecule has 4 aromatic heterocycles.